The molecule has 1 aromatic heterocycles. The van der Waals surface area contributed by atoms with Crippen LogP contribution in [-0.2, 0) is 16.1 Å². The molecule has 0 bridgehead atoms. The van der Waals surface area contributed by atoms with Crippen LogP contribution in [0.3, 0.4) is 0 Å². The van der Waals surface area contributed by atoms with Crippen LogP contribution in [0.1, 0.15) is 23.8 Å². The summed E-state index contributed by atoms with van der Waals surface area (Å²) in [6.45, 7) is 6.36. The van der Waals surface area contributed by atoms with Crippen LogP contribution in [0, 0.1) is 13.8 Å². The van der Waals surface area contributed by atoms with Gasteiger partial charge in [-0.05, 0) is 31.9 Å². The molecule has 0 radical (unpaired) electrons. The Hall–Kier alpha value is -2.63. The lowest BCUT2D eigenvalue weighted by molar-refractivity contribution is -0.143. The quantitative estimate of drug-likeness (QED) is 0.879. The molecule has 0 spiro atoms. The largest absolute Gasteiger partial charge is 0.360 e. The van der Waals surface area contributed by atoms with E-state index in [1.165, 1.54) is 4.90 Å². The number of carbonyl (C=O) groups excluding carboxylic acids is 2. The van der Waals surface area contributed by atoms with Crippen LogP contribution in [0.15, 0.2) is 34.9 Å². The van der Waals surface area contributed by atoms with Crippen LogP contribution in [0.4, 0.5) is 5.82 Å². The first-order chi connectivity index (χ1) is 10.5. The fraction of sp³-hybridized carbons (Fsp3) is 0.312. The molecular weight excluding hydrogens is 282 g/mol. The zero-order valence-electron chi connectivity index (χ0n) is 12.9. The Balaban J connectivity index is 2.05. The molecule has 1 aromatic carbocycles. The van der Waals surface area contributed by atoms with Gasteiger partial charge in [-0.3, -0.25) is 14.9 Å². The van der Waals surface area contributed by atoms with Crippen molar-refractivity contribution in [3.8, 4) is 0 Å². The second-order valence-electron chi connectivity index (χ2n) is 5.02. The van der Waals surface area contributed by atoms with E-state index in [9.17, 15) is 9.59 Å². The molecule has 1 N–H and O–H groups in total. The molecule has 6 nitrogen and oxygen atoms in total. The van der Waals surface area contributed by atoms with E-state index in [0.29, 0.717) is 18.8 Å². The highest BCUT2D eigenvalue weighted by Crippen LogP contribution is 2.12. The molecule has 2 amide bonds. The zero-order chi connectivity index (χ0) is 16.1. The number of benzene rings is 1. The summed E-state index contributed by atoms with van der Waals surface area (Å²) in [5.41, 5.74) is 2.10. The van der Waals surface area contributed by atoms with Crippen molar-refractivity contribution in [2.45, 2.75) is 27.3 Å². The summed E-state index contributed by atoms with van der Waals surface area (Å²) in [5, 5.41) is 6.09. The van der Waals surface area contributed by atoms with Crippen molar-refractivity contribution in [2.75, 3.05) is 11.9 Å². The van der Waals surface area contributed by atoms with Gasteiger partial charge in [0, 0.05) is 19.2 Å². The van der Waals surface area contributed by atoms with Gasteiger partial charge >= 0.3 is 11.8 Å². The van der Waals surface area contributed by atoms with Crippen LogP contribution < -0.4 is 5.32 Å². The Bertz CT molecular complexity index is 679. The average Bonchev–Trinajstić information content (AvgIpc) is 2.91. The number of amides is 2. The molecule has 0 aliphatic heterocycles. The van der Waals surface area contributed by atoms with E-state index in [1.54, 1.807) is 13.0 Å². The van der Waals surface area contributed by atoms with Gasteiger partial charge in [0.1, 0.15) is 5.76 Å². The lowest BCUT2D eigenvalue weighted by Crippen LogP contribution is -2.39. The number of nitrogens with zero attached hydrogens (tertiary/aromatic N) is 2. The highest BCUT2D eigenvalue weighted by atomic mass is 16.5. The summed E-state index contributed by atoms with van der Waals surface area (Å²) in [5.74, 6) is -0.507. The predicted octanol–water partition coefficient (Wildman–Crippen LogP) is 2.28. The Morgan fingerprint density at radius 2 is 2.00 bits per heavy atom. The third-order valence-corrected chi connectivity index (χ3v) is 3.36. The molecule has 1 heterocycles. The molecule has 0 unspecified atom stereocenters. The Kier molecular flexibility index (Phi) is 4.93. The number of aryl methyl sites for hydroxylation is 2. The van der Waals surface area contributed by atoms with Gasteiger partial charge in [0.15, 0.2) is 5.82 Å². The average molecular weight is 301 g/mol. The van der Waals surface area contributed by atoms with Crippen molar-refractivity contribution in [2.24, 2.45) is 0 Å². The van der Waals surface area contributed by atoms with Crippen molar-refractivity contribution in [3.63, 3.8) is 0 Å². The van der Waals surface area contributed by atoms with E-state index in [1.807, 2.05) is 38.1 Å². The van der Waals surface area contributed by atoms with Crippen LogP contribution in [-0.4, -0.2) is 28.4 Å². The standard InChI is InChI=1S/C16H19N3O3/c1-4-19(10-13-8-6-5-7-11(13)2)16(21)15(20)17-14-9-12(3)22-18-14/h5-9H,4,10H2,1-3H3,(H,17,18,20). The van der Waals surface area contributed by atoms with Gasteiger partial charge in [0.2, 0.25) is 0 Å². The topological polar surface area (TPSA) is 75.4 Å². The van der Waals surface area contributed by atoms with Crippen LogP contribution in [0.5, 0.6) is 0 Å². The molecule has 0 aliphatic rings. The first-order valence-electron chi connectivity index (χ1n) is 7.09. The summed E-state index contributed by atoms with van der Waals surface area (Å²) >= 11 is 0. The van der Waals surface area contributed by atoms with Gasteiger partial charge in [-0.2, -0.15) is 0 Å². The second kappa shape index (κ2) is 6.89. The van der Waals surface area contributed by atoms with Crippen molar-refractivity contribution >= 4 is 17.6 Å². The summed E-state index contributed by atoms with van der Waals surface area (Å²) in [6.07, 6.45) is 0. The fourth-order valence-corrected chi connectivity index (χ4v) is 2.06. The minimum absolute atomic E-state index is 0.239. The first kappa shape index (κ1) is 15.8. The summed E-state index contributed by atoms with van der Waals surface area (Å²) in [6, 6.07) is 9.34. The zero-order valence-corrected chi connectivity index (χ0v) is 12.9. The number of aromatic nitrogens is 1. The van der Waals surface area contributed by atoms with Crippen molar-refractivity contribution in [1.82, 2.24) is 10.1 Å². The number of nitrogens with one attached hydrogen (secondary N) is 1. The molecule has 0 fully saturated rings. The molecular formula is C16H19N3O3. The van der Waals surface area contributed by atoms with Gasteiger partial charge in [-0.1, -0.05) is 29.4 Å². The first-order valence-corrected chi connectivity index (χ1v) is 7.09. The number of hydrogen-bond donors (Lipinski definition) is 1. The van der Waals surface area contributed by atoms with Crippen LogP contribution in [0.25, 0.3) is 0 Å². The fourth-order valence-electron chi connectivity index (χ4n) is 2.06. The lowest BCUT2D eigenvalue weighted by atomic mass is 10.1. The normalized spacial score (nSPS) is 10.3. The Morgan fingerprint density at radius 3 is 2.59 bits per heavy atom. The number of anilines is 1. The van der Waals surface area contributed by atoms with Gasteiger partial charge in [-0.25, -0.2) is 0 Å². The predicted molar refractivity (Wildman–Crippen MR) is 82.1 cm³/mol. The van der Waals surface area contributed by atoms with Crippen molar-refractivity contribution in [3.05, 3.63) is 47.2 Å². The molecule has 2 aromatic rings. The van der Waals surface area contributed by atoms with Gasteiger partial charge in [0.25, 0.3) is 0 Å². The Morgan fingerprint density at radius 1 is 1.27 bits per heavy atom. The summed E-state index contributed by atoms with van der Waals surface area (Å²) < 4.78 is 4.85. The van der Waals surface area contributed by atoms with Crippen molar-refractivity contribution < 1.29 is 14.1 Å². The number of carbonyl (C=O) groups is 2. The molecule has 0 saturated heterocycles. The molecule has 22 heavy (non-hydrogen) atoms. The highest BCUT2D eigenvalue weighted by molar-refractivity contribution is 6.39. The molecule has 0 atom stereocenters. The minimum Gasteiger partial charge on any atom is -0.360 e. The highest BCUT2D eigenvalue weighted by Gasteiger charge is 2.22. The van der Waals surface area contributed by atoms with E-state index >= 15 is 0 Å². The van der Waals surface area contributed by atoms with Gasteiger partial charge < -0.3 is 9.42 Å². The molecule has 0 aliphatic carbocycles. The van der Waals surface area contributed by atoms with E-state index in [2.05, 4.69) is 10.5 Å². The summed E-state index contributed by atoms with van der Waals surface area (Å²) in [4.78, 5) is 25.8. The monoisotopic (exact) mass is 301 g/mol. The SMILES string of the molecule is CCN(Cc1ccccc1C)C(=O)C(=O)Nc1cc(C)on1. The maximum atomic E-state index is 12.3. The Labute approximate surface area is 129 Å². The molecule has 116 valence electrons. The third kappa shape index (κ3) is 3.72. The maximum Gasteiger partial charge on any atom is 0.315 e. The van der Waals surface area contributed by atoms with Crippen molar-refractivity contribution in [1.29, 1.82) is 0 Å². The second-order valence-corrected chi connectivity index (χ2v) is 5.02. The molecule has 6 heteroatoms. The minimum atomic E-state index is -0.719. The number of likely N-dealkylation sites (N-methyl/N-ethyl adjacent to an activating group) is 1. The van der Waals surface area contributed by atoms with Crippen LogP contribution >= 0.6 is 0 Å². The number of hydrogen-bond acceptors (Lipinski definition) is 4. The third-order valence-electron chi connectivity index (χ3n) is 3.36. The smallest absolute Gasteiger partial charge is 0.315 e. The number of rotatable bonds is 4. The lowest BCUT2D eigenvalue weighted by Gasteiger charge is -2.21. The molecule has 2 rings (SSSR count). The van der Waals surface area contributed by atoms with Gasteiger partial charge in [-0.15, -0.1) is 0 Å². The van der Waals surface area contributed by atoms with E-state index in [0.717, 1.165) is 11.1 Å². The summed E-state index contributed by atoms with van der Waals surface area (Å²) in [7, 11) is 0. The van der Waals surface area contributed by atoms with E-state index < -0.39 is 11.8 Å². The molecule has 0 saturated carbocycles. The maximum absolute atomic E-state index is 12.3. The van der Waals surface area contributed by atoms with Crippen LogP contribution in [0.2, 0.25) is 0 Å². The van der Waals surface area contributed by atoms with E-state index in [4.69, 9.17) is 4.52 Å². The van der Waals surface area contributed by atoms with E-state index in [-0.39, 0.29) is 5.82 Å². The van der Waals surface area contributed by atoms with Gasteiger partial charge in [0.05, 0.1) is 0 Å².